The first-order chi connectivity index (χ1) is 8.38. The van der Waals surface area contributed by atoms with E-state index in [1.807, 2.05) is 11.6 Å². The van der Waals surface area contributed by atoms with Crippen LogP contribution in [0.1, 0.15) is 19.4 Å². The van der Waals surface area contributed by atoms with E-state index < -0.39 is 0 Å². The molecule has 1 aliphatic rings. The zero-order valence-electron chi connectivity index (χ0n) is 9.65. The van der Waals surface area contributed by atoms with Gasteiger partial charge in [0.2, 0.25) is 0 Å². The number of fused-ring (bicyclic) bond motifs is 1. The molecule has 2 heterocycles. The highest BCUT2D eigenvalue weighted by molar-refractivity contribution is 5.73. The fraction of sp³-hybridized carbons (Fsp3) is 0.417. The Kier molecular flexibility index (Phi) is 2.60. The number of hydrogen-bond acceptors (Lipinski definition) is 4. The van der Waals surface area contributed by atoms with Crippen molar-refractivity contribution >= 4 is 11.0 Å². The second-order valence-electron chi connectivity index (χ2n) is 4.07. The Bertz CT molecular complexity index is 548. The normalized spacial score (nSPS) is 23.6. The zero-order valence-corrected chi connectivity index (χ0v) is 9.65. The fourth-order valence-electron chi connectivity index (χ4n) is 2.20. The van der Waals surface area contributed by atoms with E-state index in [1.54, 1.807) is 18.7 Å². The van der Waals surface area contributed by atoms with Crippen molar-refractivity contribution in [1.82, 2.24) is 19.7 Å². The maximum atomic E-state index is 5.58. The van der Waals surface area contributed by atoms with Gasteiger partial charge in [0.25, 0.3) is 0 Å². The minimum atomic E-state index is 0.200. The van der Waals surface area contributed by atoms with Gasteiger partial charge in [-0.05, 0) is 6.92 Å². The molecule has 0 amide bonds. The molecule has 0 spiro atoms. The minimum absolute atomic E-state index is 0.200. The fourth-order valence-corrected chi connectivity index (χ4v) is 2.20. The molecule has 17 heavy (non-hydrogen) atoms. The van der Waals surface area contributed by atoms with Gasteiger partial charge in [0, 0.05) is 19.2 Å². The second kappa shape index (κ2) is 4.25. The SMILES string of the molecule is CCO[C@H]1C=C[C@H](n2ncc3cncnc32)C1. The Labute approximate surface area is 99.1 Å². The zero-order chi connectivity index (χ0) is 11.7. The summed E-state index contributed by atoms with van der Waals surface area (Å²) < 4.78 is 7.52. The van der Waals surface area contributed by atoms with Gasteiger partial charge in [-0.1, -0.05) is 12.2 Å². The summed E-state index contributed by atoms with van der Waals surface area (Å²) in [5.74, 6) is 0. The summed E-state index contributed by atoms with van der Waals surface area (Å²) in [7, 11) is 0. The van der Waals surface area contributed by atoms with Gasteiger partial charge >= 0.3 is 0 Å². The lowest BCUT2D eigenvalue weighted by Gasteiger charge is -2.12. The molecule has 2 aromatic heterocycles. The third kappa shape index (κ3) is 1.82. The minimum Gasteiger partial charge on any atom is -0.374 e. The van der Waals surface area contributed by atoms with Gasteiger partial charge in [-0.2, -0.15) is 5.10 Å². The van der Waals surface area contributed by atoms with Crippen molar-refractivity contribution < 1.29 is 4.74 Å². The highest BCUT2D eigenvalue weighted by atomic mass is 16.5. The quantitative estimate of drug-likeness (QED) is 0.753. The summed E-state index contributed by atoms with van der Waals surface area (Å²) in [5, 5.41) is 5.35. The van der Waals surface area contributed by atoms with Crippen LogP contribution < -0.4 is 0 Å². The summed E-state index contributed by atoms with van der Waals surface area (Å²) in [6.07, 6.45) is 10.5. The van der Waals surface area contributed by atoms with Gasteiger partial charge < -0.3 is 4.74 Å². The van der Waals surface area contributed by atoms with Crippen LogP contribution in [0.25, 0.3) is 11.0 Å². The molecule has 1 aliphatic carbocycles. The van der Waals surface area contributed by atoms with Crippen molar-refractivity contribution in [1.29, 1.82) is 0 Å². The topological polar surface area (TPSA) is 52.8 Å². The molecular formula is C12H14N4O. The number of ether oxygens (including phenoxy) is 1. The van der Waals surface area contributed by atoms with Crippen molar-refractivity contribution in [2.45, 2.75) is 25.5 Å². The first-order valence-corrected chi connectivity index (χ1v) is 5.81. The van der Waals surface area contributed by atoms with Gasteiger partial charge in [-0.15, -0.1) is 0 Å². The van der Waals surface area contributed by atoms with Crippen molar-refractivity contribution in [3.8, 4) is 0 Å². The molecule has 0 saturated heterocycles. The molecule has 0 aliphatic heterocycles. The molecule has 2 aromatic rings. The number of allylic oxidation sites excluding steroid dienone is 1. The standard InChI is InChI=1S/C12H14N4O/c1-2-17-11-4-3-10(5-11)16-12-9(7-15-16)6-13-8-14-12/h3-4,6-8,10-11H,2,5H2,1H3/t10-,11-/m0/s1. The molecule has 3 rings (SSSR count). The molecule has 0 radical (unpaired) electrons. The average molecular weight is 230 g/mol. The lowest BCUT2D eigenvalue weighted by molar-refractivity contribution is 0.0901. The van der Waals surface area contributed by atoms with Crippen LogP contribution in [0.15, 0.2) is 30.9 Å². The van der Waals surface area contributed by atoms with Crippen LogP contribution in [0.2, 0.25) is 0 Å². The molecule has 0 N–H and O–H groups in total. The van der Waals surface area contributed by atoms with Gasteiger partial charge in [-0.3, -0.25) is 0 Å². The van der Waals surface area contributed by atoms with E-state index in [2.05, 4.69) is 27.2 Å². The molecule has 5 heteroatoms. The lowest BCUT2D eigenvalue weighted by Crippen LogP contribution is -2.12. The molecule has 88 valence electrons. The van der Waals surface area contributed by atoms with Crippen LogP contribution in [-0.2, 0) is 4.74 Å². The van der Waals surface area contributed by atoms with E-state index in [0.717, 1.165) is 24.1 Å². The van der Waals surface area contributed by atoms with Gasteiger partial charge in [0.05, 0.1) is 23.7 Å². The summed E-state index contributed by atoms with van der Waals surface area (Å²) in [6.45, 7) is 2.75. The van der Waals surface area contributed by atoms with Crippen molar-refractivity contribution in [3.05, 3.63) is 30.9 Å². The van der Waals surface area contributed by atoms with Gasteiger partial charge in [0.15, 0.2) is 5.65 Å². The summed E-state index contributed by atoms with van der Waals surface area (Å²) in [4.78, 5) is 8.26. The van der Waals surface area contributed by atoms with Crippen molar-refractivity contribution in [3.63, 3.8) is 0 Å². The van der Waals surface area contributed by atoms with Crippen LogP contribution in [0.4, 0.5) is 0 Å². The van der Waals surface area contributed by atoms with Gasteiger partial charge in [0.1, 0.15) is 6.33 Å². The summed E-state index contributed by atoms with van der Waals surface area (Å²) in [5.41, 5.74) is 0.881. The lowest BCUT2D eigenvalue weighted by atomic mass is 10.2. The number of hydrogen-bond donors (Lipinski definition) is 0. The van der Waals surface area contributed by atoms with Crippen LogP contribution >= 0.6 is 0 Å². The van der Waals surface area contributed by atoms with E-state index >= 15 is 0 Å². The Hall–Kier alpha value is -1.75. The van der Waals surface area contributed by atoms with Crippen molar-refractivity contribution in [2.24, 2.45) is 0 Å². The van der Waals surface area contributed by atoms with Crippen LogP contribution in [0, 0.1) is 0 Å². The molecule has 0 unspecified atom stereocenters. The summed E-state index contributed by atoms with van der Waals surface area (Å²) in [6, 6.07) is 0.235. The summed E-state index contributed by atoms with van der Waals surface area (Å²) >= 11 is 0. The van der Waals surface area contributed by atoms with E-state index in [4.69, 9.17) is 4.74 Å². The third-order valence-electron chi connectivity index (χ3n) is 2.97. The number of aromatic nitrogens is 4. The Morgan fingerprint density at radius 2 is 2.35 bits per heavy atom. The predicted octanol–water partition coefficient (Wildman–Crippen LogP) is 1.73. The largest absolute Gasteiger partial charge is 0.374 e. The molecule has 0 bridgehead atoms. The van der Waals surface area contributed by atoms with E-state index in [1.165, 1.54) is 0 Å². The monoisotopic (exact) mass is 230 g/mol. The maximum absolute atomic E-state index is 5.58. The smallest absolute Gasteiger partial charge is 0.161 e. The van der Waals surface area contributed by atoms with E-state index in [0.29, 0.717) is 0 Å². The number of rotatable bonds is 3. The second-order valence-corrected chi connectivity index (χ2v) is 4.07. The first-order valence-electron chi connectivity index (χ1n) is 5.81. The predicted molar refractivity (Wildman–Crippen MR) is 63.5 cm³/mol. The average Bonchev–Trinajstić information content (AvgIpc) is 2.95. The molecular weight excluding hydrogens is 216 g/mol. The Morgan fingerprint density at radius 3 is 3.24 bits per heavy atom. The van der Waals surface area contributed by atoms with Crippen LogP contribution in [-0.4, -0.2) is 32.5 Å². The van der Waals surface area contributed by atoms with E-state index in [-0.39, 0.29) is 12.1 Å². The molecule has 5 nitrogen and oxygen atoms in total. The van der Waals surface area contributed by atoms with Crippen LogP contribution in [0.3, 0.4) is 0 Å². The van der Waals surface area contributed by atoms with Gasteiger partial charge in [-0.25, -0.2) is 14.6 Å². The highest BCUT2D eigenvalue weighted by Gasteiger charge is 2.22. The van der Waals surface area contributed by atoms with Crippen LogP contribution in [0.5, 0.6) is 0 Å². The highest BCUT2D eigenvalue weighted by Crippen LogP contribution is 2.26. The molecule has 0 saturated carbocycles. The third-order valence-corrected chi connectivity index (χ3v) is 2.97. The Balaban J connectivity index is 1.88. The molecule has 2 atom stereocenters. The maximum Gasteiger partial charge on any atom is 0.161 e. The number of nitrogens with zero attached hydrogens (tertiary/aromatic N) is 4. The van der Waals surface area contributed by atoms with Crippen molar-refractivity contribution in [2.75, 3.05) is 6.61 Å². The first kappa shape index (κ1) is 10.4. The van der Waals surface area contributed by atoms with E-state index in [9.17, 15) is 0 Å². The molecule has 0 aromatic carbocycles. The Morgan fingerprint density at radius 1 is 1.41 bits per heavy atom. The molecule has 0 fully saturated rings.